The van der Waals surface area contributed by atoms with Gasteiger partial charge in [0.15, 0.2) is 5.82 Å². The number of nitrogens with zero attached hydrogens (tertiary/aromatic N) is 4. The molecule has 0 aromatic carbocycles. The Hall–Kier alpha value is -1.75. The summed E-state index contributed by atoms with van der Waals surface area (Å²) in [7, 11) is 0. The maximum absolute atomic E-state index is 8.88. The van der Waals surface area contributed by atoms with Crippen molar-refractivity contribution in [2.45, 2.75) is 26.4 Å². The van der Waals surface area contributed by atoms with Crippen molar-refractivity contribution in [1.82, 2.24) is 19.7 Å². The van der Waals surface area contributed by atoms with E-state index in [4.69, 9.17) is 5.11 Å². The SMILES string of the molecule is CCCc1nccn1-c1ccc(CO)nn1. The highest BCUT2D eigenvalue weighted by molar-refractivity contribution is 5.23. The third kappa shape index (κ3) is 2.09. The molecule has 2 aromatic heterocycles. The Balaban J connectivity index is 2.31. The highest BCUT2D eigenvalue weighted by atomic mass is 16.3. The number of rotatable bonds is 4. The van der Waals surface area contributed by atoms with Crippen LogP contribution in [-0.4, -0.2) is 24.9 Å². The number of aromatic nitrogens is 4. The second-order valence-corrected chi connectivity index (χ2v) is 3.50. The Morgan fingerprint density at radius 2 is 2.19 bits per heavy atom. The van der Waals surface area contributed by atoms with Gasteiger partial charge in [0.05, 0.1) is 12.3 Å². The Bertz CT molecular complexity index is 449. The lowest BCUT2D eigenvalue weighted by Gasteiger charge is -2.05. The van der Waals surface area contributed by atoms with E-state index in [1.54, 1.807) is 12.3 Å². The summed E-state index contributed by atoms with van der Waals surface area (Å²) >= 11 is 0. The van der Waals surface area contributed by atoms with Crippen LogP contribution in [0.4, 0.5) is 0 Å². The Labute approximate surface area is 93.8 Å². The van der Waals surface area contributed by atoms with Crippen molar-refractivity contribution in [3.63, 3.8) is 0 Å². The van der Waals surface area contributed by atoms with Gasteiger partial charge in [-0.2, -0.15) is 5.10 Å². The first kappa shape index (κ1) is 10.8. The standard InChI is InChI=1S/C11H14N4O/c1-2-3-10-12-6-7-15(10)11-5-4-9(8-16)13-14-11/h4-7,16H,2-3,8H2,1H3. The number of aliphatic hydroxyl groups is 1. The molecular formula is C11H14N4O. The Morgan fingerprint density at radius 3 is 2.81 bits per heavy atom. The molecule has 0 amide bonds. The van der Waals surface area contributed by atoms with Crippen molar-refractivity contribution in [2.24, 2.45) is 0 Å². The summed E-state index contributed by atoms with van der Waals surface area (Å²) in [5, 5.41) is 16.8. The average molecular weight is 218 g/mol. The highest BCUT2D eigenvalue weighted by Crippen LogP contribution is 2.09. The van der Waals surface area contributed by atoms with Crippen LogP contribution in [0.15, 0.2) is 24.5 Å². The zero-order chi connectivity index (χ0) is 11.4. The molecule has 0 aliphatic carbocycles. The van der Waals surface area contributed by atoms with Crippen molar-refractivity contribution in [1.29, 1.82) is 0 Å². The van der Waals surface area contributed by atoms with E-state index >= 15 is 0 Å². The molecule has 0 saturated heterocycles. The fourth-order valence-corrected chi connectivity index (χ4v) is 1.52. The maximum atomic E-state index is 8.88. The van der Waals surface area contributed by atoms with Gasteiger partial charge in [-0.25, -0.2) is 4.98 Å². The molecule has 0 saturated carbocycles. The van der Waals surface area contributed by atoms with Crippen LogP contribution in [0.2, 0.25) is 0 Å². The van der Waals surface area contributed by atoms with Crippen LogP contribution in [0.1, 0.15) is 24.9 Å². The Morgan fingerprint density at radius 1 is 1.31 bits per heavy atom. The molecule has 0 bridgehead atoms. The maximum Gasteiger partial charge on any atom is 0.160 e. The van der Waals surface area contributed by atoms with Gasteiger partial charge in [-0.15, -0.1) is 5.10 Å². The molecule has 16 heavy (non-hydrogen) atoms. The van der Waals surface area contributed by atoms with Crippen molar-refractivity contribution in [3.8, 4) is 5.82 Å². The van der Waals surface area contributed by atoms with Gasteiger partial charge in [0.1, 0.15) is 5.82 Å². The van der Waals surface area contributed by atoms with Crippen molar-refractivity contribution in [2.75, 3.05) is 0 Å². The van der Waals surface area contributed by atoms with Crippen LogP contribution in [0.3, 0.4) is 0 Å². The normalized spacial score (nSPS) is 10.6. The van der Waals surface area contributed by atoms with Gasteiger partial charge in [0, 0.05) is 18.8 Å². The van der Waals surface area contributed by atoms with E-state index < -0.39 is 0 Å². The van der Waals surface area contributed by atoms with Crippen LogP contribution in [0.5, 0.6) is 0 Å². The summed E-state index contributed by atoms with van der Waals surface area (Å²) in [6.45, 7) is 2.03. The molecule has 2 aromatic rings. The fourth-order valence-electron chi connectivity index (χ4n) is 1.52. The smallest absolute Gasteiger partial charge is 0.160 e. The van der Waals surface area contributed by atoms with Gasteiger partial charge in [-0.05, 0) is 18.6 Å². The lowest BCUT2D eigenvalue weighted by atomic mass is 10.3. The molecule has 0 radical (unpaired) electrons. The average Bonchev–Trinajstić information content (AvgIpc) is 2.78. The van der Waals surface area contributed by atoms with Gasteiger partial charge >= 0.3 is 0 Å². The molecule has 2 heterocycles. The molecule has 0 spiro atoms. The third-order valence-electron chi connectivity index (χ3n) is 2.31. The molecule has 0 fully saturated rings. The van der Waals surface area contributed by atoms with E-state index in [0.29, 0.717) is 5.69 Å². The minimum atomic E-state index is -0.0843. The van der Waals surface area contributed by atoms with Crippen LogP contribution < -0.4 is 0 Å². The monoisotopic (exact) mass is 218 g/mol. The predicted octanol–water partition coefficient (Wildman–Crippen LogP) is 1.11. The molecule has 1 N–H and O–H groups in total. The van der Waals surface area contributed by atoms with Crippen LogP contribution in [0.25, 0.3) is 5.82 Å². The largest absolute Gasteiger partial charge is 0.390 e. The first-order valence-corrected chi connectivity index (χ1v) is 5.31. The molecule has 0 atom stereocenters. The summed E-state index contributed by atoms with van der Waals surface area (Å²) in [5.41, 5.74) is 0.570. The highest BCUT2D eigenvalue weighted by Gasteiger charge is 2.05. The van der Waals surface area contributed by atoms with E-state index in [0.717, 1.165) is 24.5 Å². The number of imidazole rings is 1. The van der Waals surface area contributed by atoms with E-state index in [1.165, 1.54) is 0 Å². The van der Waals surface area contributed by atoms with E-state index in [1.807, 2.05) is 16.8 Å². The topological polar surface area (TPSA) is 63.8 Å². The number of hydrogen-bond acceptors (Lipinski definition) is 4. The lowest BCUT2D eigenvalue weighted by Crippen LogP contribution is -2.04. The zero-order valence-electron chi connectivity index (χ0n) is 9.17. The first-order chi connectivity index (χ1) is 7.85. The van der Waals surface area contributed by atoms with E-state index in [9.17, 15) is 0 Å². The molecule has 2 rings (SSSR count). The molecule has 0 aliphatic heterocycles. The van der Waals surface area contributed by atoms with Gasteiger partial charge in [-0.3, -0.25) is 4.57 Å². The third-order valence-corrected chi connectivity index (χ3v) is 2.31. The molecule has 5 nitrogen and oxygen atoms in total. The summed E-state index contributed by atoms with van der Waals surface area (Å²) in [6, 6.07) is 3.59. The molecule has 84 valence electrons. The van der Waals surface area contributed by atoms with Crippen LogP contribution >= 0.6 is 0 Å². The summed E-state index contributed by atoms with van der Waals surface area (Å²) in [4.78, 5) is 4.27. The second-order valence-electron chi connectivity index (χ2n) is 3.50. The summed E-state index contributed by atoms with van der Waals surface area (Å²) in [5.74, 6) is 1.71. The first-order valence-electron chi connectivity index (χ1n) is 5.31. The molecular weight excluding hydrogens is 204 g/mol. The van der Waals surface area contributed by atoms with Crippen LogP contribution in [-0.2, 0) is 13.0 Å². The van der Waals surface area contributed by atoms with Crippen molar-refractivity contribution < 1.29 is 5.11 Å². The zero-order valence-corrected chi connectivity index (χ0v) is 9.17. The quantitative estimate of drug-likeness (QED) is 0.834. The fraction of sp³-hybridized carbons (Fsp3) is 0.364. The van der Waals surface area contributed by atoms with Gasteiger partial charge in [-0.1, -0.05) is 6.92 Å². The molecule has 0 unspecified atom stereocenters. The predicted molar refractivity (Wildman–Crippen MR) is 59.1 cm³/mol. The molecule has 0 aliphatic rings. The molecule has 5 heteroatoms. The Kier molecular flexibility index (Phi) is 3.26. The van der Waals surface area contributed by atoms with Crippen molar-refractivity contribution >= 4 is 0 Å². The summed E-state index contributed by atoms with van der Waals surface area (Å²) in [6.07, 6.45) is 5.58. The second kappa shape index (κ2) is 4.85. The van der Waals surface area contributed by atoms with Gasteiger partial charge in [0.25, 0.3) is 0 Å². The number of aliphatic hydroxyl groups excluding tert-OH is 1. The lowest BCUT2D eigenvalue weighted by molar-refractivity contribution is 0.275. The minimum Gasteiger partial charge on any atom is -0.390 e. The van der Waals surface area contributed by atoms with Crippen molar-refractivity contribution in [3.05, 3.63) is 36.0 Å². The minimum absolute atomic E-state index is 0.0843. The summed E-state index contributed by atoms with van der Waals surface area (Å²) < 4.78 is 1.91. The van der Waals surface area contributed by atoms with Gasteiger partial charge < -0.3 is 5.11 Å². The number of hydrogen-bond donors (Lipinski definition) is 1. The van der Waals surface area contributed by atoms with Gasteiger partial charge in [0.2, 0.25) is 0 Å². The van der Waals surface area contributed by atoms with E-state index in [2.05, 4.69) is 22.1 Å². The number of aryl methyl sites for hydroxylation is 1. The van der Waals surface area contributed by atoms with Crippen LogP contribution in [0, 0.1) is 0 Å². The van der Waals surface area contributed by atoms with E-state index in [-0.39, 0.29) is 6.61 Å².